The Morgan fingerprint density at radius 3 is 2.48 bits per heavy atom. The van der Waals surface area contributed by atoms with Crippen LogP contribution in [-0.2, 0) is 0 Å². The number of hydrogen-bond acceptors (Lipinski definition) is 4. The van der Waals surface area contributed by atoms with Crippen molar-refractivity contribution < 1.29 is 9.59 Å². The number of carbonyl (C=O) groups is 2. The van der Waals surface area contributed by atoms with Gasteiger partial charge in [0, 0.05) is 35.3 Å². The van der Waals surface area contributed by atoms with Gasteiger partial charge in [0.15, 0.2) is 0 Å². The number of amides is 2. The van der Waals surface area contributed by atoms with Gasteiger partial charge in [-0.05, 0) is 32.0 Å². The molecular formula is C21H21N3O2S. The van der Waals surface area contributed by atoms with E-state index in [1.54, 1.807) is 34.5 Å². The van der Waals surface area contributed by atoms with Crippen LogP contribution in [0, 0.1) is 0 Å². The third kappa shape index (κ3) is 4.41. The Labute approximate surface area is 162 Å². The third-order valence-corrected chi connectivity index (χ3v) is 5.07. The van der Waals surface area contributed by atoms with E-state index in [1.165, 1.54) is 11.3 Å². The van der Waals surface area contributed by atoms with Crippen molar-refractivity contribution in [2.75, 3.05) is 18.4 Å². The van der Waals surface area contributed by atoms with E-state index >= 15 is 0 Å². The lowest BCUT2D eigenvalue weighted by molar-refractivity contribution is 0.0772. The van der Waals surface area contributed by atoms with Crippen molar-refractivity contribution in [3.8, 4) is 10.6 Å². The van der Waals surface area contributed by atoms with Gasteiger partial charge < -0.3 is 10.2 Å². The molecule has 5 nitrogen and oxygen atoms in total. The van der Waals surface area contributed by atoms with E-state index in [9.17, 15) is 9.59 Å². The van der Waals surface area contributed by atoms with Crippen LogP contribution in [0.5, 0.6) is 0 Å². The molecule has 1 aromatic heterocycles. The number of benzene rings is 2. The minimum Gasteiger partial charge on any atom is -0.339 e. The van der Waals surface area contributed by atoms with Crippen LogP contribution >= 0.6 is 11.3 Å². The minimum atomic E-state index is -0.291. The summed E-state index contributed by atoms with van der Waals surface area (Å²) in [4.78, 5) is 31.2. The second-order valence-corrected chi connectivity index (χ2v) is 6.77. The molecule has 1 heterocycles. The van der Waals surface area contributed by atoms with Crippen LogP contribution in [0.2, 0.25) is 0 Å². The first-order chi connectivity index (χ1) is 13.1. The molecule has 0 atom stereocenters. The average Bonchev–Trinajstić information content (AvgIpc) is 3.20. The summed E-state index contributed by atoms with van der Waals surface area (Å²) < 4.78 is 0. The highest BCUT2D eigenvalue weighted by atomic mass is 32.1. The maximum Gasteiger partial charge on any atom is 0.275 e. The number of thiazole rings is 1. The zero-order chi connectivity index (χ0) is 19.2. The molecule has 6 heteroatoms. The molecule has 0 spiro atoms. The van der Waals surface area contributed by atoms with Gasteiger partial charge in [-0.1, -0.05) is 36.4 Å². The summed E-state index contributed by atoms with van der Waals surface area (Å²) in [7, 11) is 0. The zero-order valence-corrected chi connectivity index (χ0v) is 16.1. The van der Waals surface area contributed by atoms with Crippen LogP contribution in [0.25, 0.3) is 10.6 Å². The van der Waals surface area contributed by atoms with Crippen molar-refractivity contribution in [3.05, 3.63) is 71.2 Å². The summed E-state index contributed by atoms with van der Waals surface area (Å²) in [6.45, 7) is 5.18. The highest BCUT2D eigenvalue weighted by Gasteiger charge is 2.15. The Bertz CT molecular complexity index is 933. The molecule has 0 fully saturated rings. The summed E-state index contributed by atoms with van der Waals surface area (Å²) in [5, 5.41) is 5.36. The Hall–Kier alpha value is -2.99. The summed E-state index contributed by atoms with van der Waals surface area (Å²) in [6, 6.07) is 16.7. The predicted molar refractivity (Wildman–Crippen MR) is 109 cm³/mol. The lowest BCUT2D eigenvalue weighted by atomic mass is 10.1. The molecule has 0 aliphatic heterocycles. The summed E-state index contributed by atoms with van der Waals surface area (Å²) in [5.74, 6) is -0.336. The molecule has 27 heavy (non-hydrogen) atoms. The van der Waals surface area contributed by atoms with Gasteiger partial charge in [0.25, 0.3) is 11.8 Å². The minimum absolute atomic E-state index is 0.0453. The molecule has 0 unspecified atom stereocenters. The van der Waals surface area contributed by atoms with Crippen molar-refractivity contribution in [1.29, 1.82) is 0 Å². The molecule has 2 amide bonds. The highest BCUT2D eigenvalue weighted by molar-refractivity contribution is 7.13. The fourth-order valence-electron chi connectivity index (χ4n) is 2.71. The number of anilines is 1. The number of carbonyl (C=O) groups excluding carboxylic acids is 2. The lowest BCUT2D eigenvalue weighted by Crippen LogP contribution is -2.30. The third-order valence-electron chi connectivity index (χ3n) is 4.18. The number of hydrogen-bond donors (Lipinski definition) is 1. The first-order valence-electron chi connectivity index (χ1n) is 8.84. The van der Waals surface area contributed by atoms with Gasteiger partial charge in [0.2, 0.25) is 0 Å². The van der Waals surface area contributed by atoms with Crippen molar-refractivity contribution in [1.82, 2.24) is 9.88 Å². The summed E-state index contributed by atoms with van der Waals surface area (Å²) in [5.41, 5.74) is 2.47. The van der Waals surface area contributed by atoms with E-state index in [4.69, 9.17) is 0 Å². The fourth-order valence-corrected chi connectivity index (χ4v) is 3.52. The van der Waals surface area contributed by atoms with Crippen LogP contribution in [0.1, 0.15) is 34.7 Å². The van der Waals surface area contributed by atoms with E-state index in [-0.39, 0.29) is 11.8 Å². The van der Waals surface area contributed by atoms with Crippen molar-refractivity contribution in [3.63, 3.8) is 0 Å². The van der Waals surface area contributed by atoms with Crippen LogP contribution in [0.3, 0.4) is 0 Å². The monoisotopic (exact) mass is 379 g/mol. The Balaban J connectivity index is 1.74. The Morgan fingerprint density at radius 2 is 1.78 bits per heavy atom. The van der Waals surface area contributed by atoms with Gasteiger partial charge in [-0.2, -0.15) is 0 Å². The number of aromatic nitrogens is 1. The van der Waals surface area contributed by atoms with E-state index < -0.39 is 0 Å². The molecule has 0 saturated carbocycles. The maximum absolute atomic E-state index is 12.5. The molecule has 3 rings (SSSR count). The first-order valence-corrected chi connectivity index (χ1v) is 9.72. The molecule has 138 valence electrons. The number of nitrogens with one attached hydrogen (secondary N) is 1. The zero-order valence-electron chi connectivity index (χ0n) is 15.3. The van der Waals surface area contributed by atoms with Crippen LogP contribution in [0.15, 0.2) is 60.0 Å². The van der Waals surface area contributed by atoms with Gasteiger partial charge in [0.1, 0.15) is 10.7 Å². The molecule has 0 bridgehead atoms. The standard InChI is InChI=1S/C21H21N3O2S/c1-3-24(4-2)21(26)16-11-8-12-17(13-16)22-19(25)18-14-27-20(23-18)15-9-6-5-7-10-15/h5-14H,3-4H2,1-2H3,(H,22,25). The van der Waals surface area contributed by atoms with Crippen molar-refractivity contribution in [2.24, 2.45) is 0 Å². The number of nitrogens with zero attached hydrogens (tertiary/aromatic N) is 2. The molecule has 2 aromatic carbocycles. The lowest BCUT2D eigenvalue weighted by Gasteiger charge is -2.18. The second kappa shape index (κ2) is 8.60. The summed E-state index contributed by atoms with van der Waals surface area (Å²) in [6.07, 6.45) is 0. The highest BCUT2D eigenvalue weighted by Crippen LogP contribution is 2.24. The first kappa shape index (κ1) is 18.8. The Morgan fingerprint density at radius 1 is 1.04 bits per heavy atom. The second-order valence-electron chi connectivity index (χ2n) is 5.92. The van der Waals surface area contributed by atoms with Gasteiger partial charge in [-0.15, -0.1) is 11.3 Å². The largest absolute Gasteiger partial charge is 0.339 e. The van der Waals surface area contributed by atoms with E-state index in [1.807, 2.05) is 44.2 Å². The molecule has 3 aromatic rings. The SMILES string of the molecule is CCN(CC)C(=O)c1cccc(NC(=O)c2csc(-c3ccccc3)n2)c1. The van der Waals surface area contributed by atoms with Crippen LogP contribution < -0.4 is 5.32 Å². The van der Waals surface area contributed by atoms with Crippen LogP contribution in [0.4, 0.5) is 5.69 Å². The molecular weight excluding hydrogens is 358 g/mol. The van der Waals surface area contributed by atoms with Gasteiger partial charge >= 0.3 is 0 Å². The van der Waals surface area contributed by atoms with Gasteiger partial charge in [0.05, 0.1) is 0 Å². The fraction of sp³-hybridized carbons (Fsp3) is 0.190. The van der Waals surface area contributed by atoms with E-state index in [2.05, 4.69) is 10.3 Å². The average molecular weight is 379 g/mol. The van der Waals surface area contributed by atoms with Gasteiger partial charge in [-0.3, -0.25) is 9.59 Å². The normalized spacial score (nSPS) is 10.4. The predicted octanol–water partition coefficient (Wildman–Crippen LogP) is 4.54. The van der Waals surface area contributed by atoms with E-state index in [0.717, 1.165) is 10.6 Å². The molecule has 0 radical (unpaired) electrons. The maximum atomic E-state index is 12.5. The molecule has 1 N–H and O–H groups in total. The van der Waals surface area contributed by atoms with Crippen molar-refractivity contribution in [2.45, 2.75) is 13.8 Å². The molecule has 0 aliphatic carbocycles. The van der Waals surface area contributed by atoms with Gasteiger partial charge in [-0.25, -0.2) is 4.98 Å². The van der Waals surface area contributed by atoms with Crippen LogP contribution in [-0.4, -0.2) is 34.8 Å². The topological polar surface area (TPSA) is 62.3 Å². The smallest absolute Gasteiger partial charge is 0.275 e. The molecule has 0 saturated heterocycles. The number of rotatable bonds is 6. The molecule has 0 aliphatic rings. The Kier molecular flexibility index (Phi) is 5.98. The van der Waals surface area contributed by atoms with E-state index in [0.29, 0.717) is 30.0 Å². The summed E-state index contributed by atoms with van der Waals surface area (Å²) >= 11 is 1.43. The van der Waals surface area contributed by atoms with Crippen molar-refractivity contribution >= 4 is 28.8 Å². The quantitative estimate of drug-likeness (QED) is 0.684.